The normalized spacial score (nSPS) is 17.3. The SMILES string of the molecule is C.C.C.C=C(C)B1OC(C)(C)C(C)(C)O1.CC(C)(N)c1cccc2c1Cc1c-2[nH]c(=O)c2c1CCCC2.O=c1[nH]c2c(c3c1CCCC3)Cc1c(Br)cccc1-2. The Morgan fingerprint density at radius 3 is 1.54 bits per heavy atom. The minimum atomic E-state index is -0.367. The number of allylic oxidation sites excluding steroid dienone is 1. The molecule has 5 aliphatic rings. The molecule has 4 aliphatic carbocycles. The van der Waals surface area contributed by atoms with Crippen molar-refractivity contribution < 1.29 is 9.31 Å². The first-order valence-corrected chi connectivity index (χ1v) is 20.0. The molecule has 0 bridgehead atoms. The molecule has 56 heavy (non-hydrogen) atoms. The highest BCUT2D eigenvalue weighted by molar-refractivity contribution is 9.10. The van der Waals surface area contributed by atoms with E-state index in [0.29, 0.717) is 0 Å². The number of rotatable bonds is 2. The fourth-order valence-electron chi connectivity index (χ4n) is 8.64. The lowest BCUT2D eigenvalue weighted by Gasteiger charge is -2.32. The summed E-state index contributed by atoms with van der Waals surface area (Å²) in [6.45, 7) is 18.0. The van der Waals surface area contributed by atoms with Gasteiger partial charge in [-0.3, -0.25) is 9.59 Å². The molecule has 0 saturated carbocycles. The van der Waals surface area contributed by atoms with E-state index in [1.54, 1.807) is 0 Å². The predicted octanol–water partition coefficient (Wildman–Crippen LogP) is 10.7. The first kappa shape index (κ1) is 45.2. The fraction of sp³-hybridized carbons (Fsp3) is 0.489. The van der Waals surface area contributed by atoms with Gasteiger partial charge >= 0.3 is 7.12 Å². The second-order valence-corrected chi connectivity index (χ2v) is 17.9. The van der Waals surface area contributed by atoms with E-state index in [9.17, 15) is 9.59 Å². The Morgan fingerprint density at radius 2 is 1.11 bits per heavy atom. The minimum Gasteiger partial charge on any atom is -0.400 e. The zero-order valence-electron chi connectivity index (χ0n) is 32.4. The van der Waals surface area contributed by atoms with Gasteiger partial charge in [0.25, 0.3) is 11.1 Å². The quantitative estimate of drug-likeness (QED) is 0.151. The minimum absolute atomic E-state index is 0. The standard InChI is InChI=1S/C19H22N2O.C16H14BrNO.C9H17BO2.3CH4/c1-19(2,20)16-9-5-8-12-14(16)10-15-11-6-3-4-7-13(11)18(22)21-17(12)15;17-14-7-3-6-10-12(14)8-13-9-4-1-2-5-11(9)16(19)18-15(10)13;1-7(2)10-11-8(3,4)9(5,6)12-10;;;/h5,8-9H,3-4,6-7,10,20H2,1-2H3,(H,21,22);3,6-7H,1-2,4-5,8H2,(H,18,19);1H2,2-6H3;3*1H4. The van der Waals surface area contributed by atoms with Crippen LogP contribution in [-0.2, 0) is 53.4 Å². The lowest BCUT2D eigenvalue weighted by atomic mass is 9.81. The zero-order chi connectivity index (χ0) is 38.0. The van der Waals surface area contributed by atoms with Gasteiger partial charge in [-0.05, 0) is 145 Å². The molecule has 2 aromatic carbocycles. The summed E-state index contributed by atoms with van der Waals surface area (Å²) in [4.78, 5) is 31.0. The maximum Gasteiger partial charge on any atom is 0.489 e. The summed E-state index contributed by atoms with van der Waals surface area (Å²) in [5.74, 6) is 0. The first-order valence-electron chi connectivity index (χ1n) is 19.2. The number of nitrogens with two attached hydrogens (primary N) is 1. The monoisotopic (exact) mass is 825 g/mol. The summed E-state index contributed by atoms with van der Waals surface area (Å²) in [6, 6.07) is 12.5. The van der Waals surface area contributed by atoms with Crippen LogP contribution in [0.4, 0.5) is 0 Å². The third kappa shape index (κ3) is 8.11. The van der Waals surface area contributed by atoms with Crippen molar-refractivity contribution in [1.29, 1.82) is 0 Å². The van der Waals surface area contributed by atoms with Crippen molar-refractivity contribution in [2.24, 2.45) is 5.73 Å². The van der Waals surface area contributed by atoms with E-state index < -0.39 is 0 Å². The highest BCUT2D eigenvalue weighted by Crippen LogP contribution is 2.43. The Hall–Kier alpha value is -3.50. The second-order valence-electron chi connectivity index (χ2n) is 17.1. The topological polar surface area (TPSA) is 110 Å². The van der Waals surface area contributed by atoms with Crippen LogP contribution in [0.1, 0.15) is 147 Å². The van der Waals surface area contributed by atoms with Crippen LogP contribution in [0.5, 0.6) is 0 Å². The van der Waals surface area contributed by atoms with Crippen molar-refractivity contribution in [1.82, 2.24) is 9.97 Å². The van der Waals surface area contributed by atoms with Gasteiger partial charge in [0.05, 0.1) is 22.6 Å². The van der Waals surface area contributed by atoms with Crippen LogP contribution in [0.25, 0.3) is 22.5 Å². The lowest BCUT2D eigenvalue weighted by molar-refractivity contribution is 0.00578. The highest BCUT2D eigenvalue weighted by Gasteiger charge is 2.51. The van der Waals surface area contributed by atoms with E-state index in [0.717, 1.165) is 89.4 Å². The average molecular weight is 827 g/mol. The number of fused-ring (bicyclic) bond motifs is 10. The van der Waals surface area contributed by atoms with Gasteiger partial charge in [0.1, 0.15) is 0 Å². The number of H-pyrrole nitrogens is 2. The van der Waals surface area contributed by atoms with E-state index >= 15 is 0 Å². The second kappa shape index (κ2) is 16.8. The molecule has 9 rings (SSSR count). The van der Waals surface area contributed by atoms with E-state index in [-0.39, 0.29) is 57.3 Å². The summed E-state index contributed by atoms with van der Waals surface area (Å²) in [5, 5.41) is 0. The first-order chi connectivity index (χ1) is 25.0. The smallest absolute Gasteiger partial charge is 0.400 e. The number of aromatic nitrogens is 2. The largest absolute Gasteiger partial charge is 0.489 e. The molecule has 2 aromatic heterocycles. The van der Waals surface area contributed by atoms with E-state index in [1.165, 1.54) is 57.3 Å². The molecule has 4 N–H and O–H groups in total. The number of hydrogen-bond donors (Lipinski definition) is 3. The number of pyridine rings is 2. The third-order valence-corrected chi connectivity index (χ3v) is 12.9. The van der Waals surface area contributed by atoms with Crippen LogP contribution in [0, 0.1) is 0 Å². The van der Waals surface area contributed by atoms with Crippen molar-refractivity contribution in [2.45, 2.75) is 152 Å². The van der Waals surface area contributed by atoms with Crippen molar-refractivity contribution >= 4 is 23.0 Å². The van der Waals surface area contributed by atoms with Gasteiger partial charge < -0.3 is 25.0 Å². The molecule has 7 nitrogen and oxygen atoms in total. The molecule has 1 saturated heterocycles. The van der Waals surface area contributed by atoms with E-state index in [2.05, 4.69) is 62.8 Å². The Kier molecular flexibility index (Phi) is 13.5. The molecular formula is C47H65BBrN3O4. The van der Waals surface area contributed by atoms with Crippen molar-refractivity contribution in [3.8, 4) is 22.5 Å². The third-order valence-electron chi connectivity index (χ3n) is 12.2. The molecular weight excluding hydrogens is 761 g/mol. The Bertz CT molecular complexity index is 2230. The van der Waals surface area contributed by atoms with Crippen LogP contribution in [0.3, 0.4) is 0 Å². The molecule has 0 amide bonds. The fourth-order valence-corrected chi connectivity index (χ4v) is 9.15. The van der Waals surface area contributed by atoms with Crippen LogP contribution < -0.4 is 16.9 Å². The summed E-state index contributed by atoms with van der Waals surface area (Å²) < 4.78 is 12.6. The predicted molar refractivity (Wildman–Crippen MR) is 240 cm³/mol. The molecule has 0 spiro atoms. The number of halogens is 1. The van der Waals surface area contributed by atoms with Crippen molar-refractivity contribution in [3.63, 3.8) is 0 Å². The molecule has 1 fully saturated rings. The molecule has 0 radical (unpaired) electrons. The molecule has 4 aromatic rings. The van der Waals surface area contributed by atoms with Crippen molar-refractivity contribution in [3.05, 3.63) is 124 Å². The Balaban J connectivity index is 0.000000189. The number of benzene rings is 2. The number of nitrogens with one attached hydrogen (secondary N) is 2. The van der Waals surface area contributed by atoms with Crippen LogP contribution >= 0.6 is 15.9 Å². The Morgan fingerprint density at radius 1 is 0.696 bits per heavy atom. The van der Waals surface area contributed by atoms with Crippen LogP contribution in [0.2, 0.25) is 0 Å². The van der Waals surface area contributed by atoms with E-state index in [4.69, 9.17) is 15.0 Å². The maximum atomic E-state index is 12.4. The molecule has 302 valence electrons. The van der Waals surface area contributed by atoms with E-state index in [1.807, 2.05) is 54.5 Å². The zero-order valence-corrected chi connectivity index (χ0v) is 34.0. The maximum absolute atomic E-state index is 12.4. The molecule has 0 unspecified atom stereocenters. The van der Waals surface area contributed by atoms with Crippen LogP contribution in [0.15, 0.2) is 62.5 Å². The molecule has 1 aliphatic heterocycles. The summed E-state index contributed by atoms with van der Waals surface area (Å²) in [7, 11) is -0.241. The number of aromatic amines is 2. The van der Waals surface area contributed by atoms with Gasteiger partial charge in [-0.2, -0.15) is 0 Å². The lowest BCUT2D eigenvalue weighted by Crippen LogP contribution is -2.41. The molecule has 3 heterocycles. The van der Waals surface area contributed by atoms with Gasteiger partial charge in [0.2, 0.25) is 0 Å². The van der Waals surface area contributed by atoms with Crippen molar-refractivity contribution in [2.75, 3.05) is 0 Å². The molecule has 0 atom stereocenters. The summed E-state index contributed by atoms with van der Waals surface area (Å²) in [5.41, 5.74) is 22.3. The van der Waals surface area contributed by atoms with Gasteiger partial charge in [-0.15, -0.1) is 6.58 Å². The summed E-state index contributed by atoms with van der Waals surface area (Å²) in [6.07, 6.45) is 10.5. The number of hydrogen-bond acceptors (Lipinski definition) is 5. The van der Waals surface area contributed by atoms with Gasteiger partial charge in [-0.1, -0.05) is 74.0 Å². The highest BCUT2D eigenvalue weighted by atomic mass is 79.9. The average Bonchev–Trinajstić information content (AvgIpc) is 3.74. The van der Waals surface area contributed by atoms with Gasteiger partial charge in [0.15, 0.2) is 0 Å². The van der Waals surface area contributed by atoms with Gasteiger partial charge in [-0.25, -0.2) is 0 Å². The molecule has 9 heteroatoms. The van der Waals surface area contributed by atoms with Crippen LogP contribution in [-0.4, -0.2) is 28.3 Å². The Labute approximate surface area is 344 Å². The summed E-state index contributed by atoms with van der Waals surface area (Å²) >= 11 is 3.63. The van der Waals surface area contributed by atoms with Gasteiger partial charge in [0, 0.05) is 45.1 Å².